The van der Waals surface area contributed by atoms with Crippen molar-refractivity contribution in [3.05, 3.63) is 0 Å². The standard InChI is InChI=1S/C9H19IS/c1-9(2,3)11-8-6-4-5-7-10/h4-8H2,1-3H3. The molecule has 2 heteroatoms. The molecule has 0 aliphatic carbocycles. The van der Waals surface area contributed by atoms with E-state index in [1.54, 1.807) is 0 Å². The zero-order valence-corrected chi connectivity index (χ0v) is 10.8. The summed E-state index contributed by atoms with van der Waals surface area (Å²) in [4.78, 5) is 0. The summed E-state index contributed by atoms with van der Waals surface area (Å²) in [5.74, 6) is 1.33. The maximum Gasteiger partial charge on any atom is 0.00750 e. The van der Waals surface area contributed by atoms with Crippen LogP contribution < -0.4 is 0 Å². The molecular weight excluding hydrogens is 267 g/mol. The highest BCUT2D eigenvalue weighted by atomic mass is 127. The summed E-state index contributed by atoms with van der Waals surface area (Å²) < 4.78 is 1.78. The van der Waals surface area contributed by atoms with Gasteiger partial charge in [-0.3, -0.25) is 0 Å². The third kappa shape index (κ3) is 11.1. The Balaban J connectivity index is 3.02. The molecule has 0 saturated carbocycles. The van der Waals surface area contributed by atoms with Crippen molar-refractivity contribution in [2.45, 2.75) is 44.8 Å². The maximum absolute atomic E-state index is 2.45. The fraction of sp³-hybridized carbons (Fsp3) is 1.00. The first-order chi connectivity index (χ1) is 5.06. The second-order valence-electron chi connectivity index (χ2n) is 3.71. The summed E-state index contributed by atoms with van der Waals surface area (Å²) in [6, 6.07) is 0. The van der Waals surface area contributed by atoms with Crippen molar-refractivity contribution >= 4 is 34.4 Å². The van der Waals surface area contributed by atoms with Crippen molar-refractivity contribution in [1.82, 2.24) is 0 Å². The number of hydrogen-bond acceptors (Lipinski definition) is 1. The Kier molecular flexibility index (Phi) is 7.23. The highest BCUT2D eigenvalue weighted by molar-refractivity contribution is 14.1. The van der Waals surface area contributed by atoms with Crippen LogP contribution >= 0.6 is 34.4 Å². The highest BCUT2D eigenvalue weighted by Crippen LogP contribution is 2.24. The number of thioether (sulfide) groups is 1. The molecule has 0 heterocycles. The van der Waals surface area contributed by atoms with Crippen molar-refractivity contribution in [2.24, 2.45) is 0 Å². The summed E-state index contributed by atoms with van der Waals surface area (Å²) in [5, 5.41) is 0. The molecule has 0 aromatic rings. The lowest BCUT2D eigenvalue weighted by Gasteiger charge is -2.16. The number of alkyl halides is 1. The van der Waals surface area contributed by atoms with Gasteiger partial charge in [-0.05, 0) is 23.0 Å². The van der Waals surface area contributed by atoms with Gasteiger partial charge in [0.15, 0.2) is 0 Å². The average Bonchev–Trinajstić information content (AvgIpc) is 1.85. The Morgan fingerprint density at radius 3 is 2.18 bits per heavy atom. The first-order valence-electron chi connectivity index (χ1n) is 4.26. The van der Waals surface area contributed by atoms with Crippen LogP contribution in [0.15, 0.2) is 0 Å². The van der Waals surface area contributed by atoms with E-state index in [1.807, 2.05) is 0 Å². The molecule has 68 valence electrons. The number of hydrogen-bond donors (Lipinski definition) is 0. The van der Waals surface area contributed by atoms with Gasteiger partial charge in [0.05, 0.1) is 0 Å². The lowest BCUT2D eigenvalue weighted by atomic mass is 10.3. The molecule has 0 nitrogen and oxygen atoms in total. The quantitative estimate of drug-likeness (QED) is 0.416. The molecule has 0 spiro atoms. The van der Waals surface area contributed by atoms with Gasteiger partial charge in [0.1, 0.15) is 0 Å². The van der Waals surface area contributed by atoms with Crippen molar-refractivity contribution < 1.29 is 0 Å². The molecule has 0 saturated heterocycles. The predicted molar refractivity (Wildman–Crippen MR) is 64.9 cm³/mol. The Morgan fingerprint density at radius 1 is 1.09 bits per heavy atom. The summed E-state index contributed by atoms with van der Waals surface area (Å²) in [6.45, 7) is 6.86. The molecule has 0 aromatic heterocycles. The van der Waals surface area contributed by atoms with Crippen molar-refractivity contribution in [3.63, 3.8) is 0 Å². The lowest BCUT2D eigenvalue weighted by Crippen LogP contribution is -2.08. The number of rotatable bonds is 5. The van der Waals surface area contributed by atoms with Gasteiger partial charge in [0, 0.05) is 4.75 Å². The molecule has 11 heavy (non-hydrogen) atoms. The van der Waals surface area contributed by atoms with E-state index in [0.29, 0.717) is 4.75 Å². The molecular formula is C9H19IS. The van der Waals surface area contributed by atoms with Crippen LogP contribution in [0.3, 0.4) is 0 Å². The lowest BCUT2D eigenvalue weighted by molar-refractivity contribution is 0.770. The van der Waals surface area contributed by atoms with Crippen LogP contribution in [0.25, 0.3) is 0 Å². The molecule has 0 rings (SSSR count). The third-order valence-corrected chi connectivity index (χ3v) is 3.43. The van der Waals surface area contributed by atoms with Crippen LogP contribution in [0.5, 0.6) is 0 Å². The van der Waals surface area contributed by atoms with Gasteiger partial charge in [-0.25, -0.2) is 0 Å². The minimum atomic E-state index is 0.463. The van der Waals surface area contributed by atoms with Crippen molar-refractivity contribution in [1.29, 1.82) is 0 Å². The van der Waals surface area contributed by atoms with Gasteiger partial charge in [0.25, 0.3) is 0 Å². The van der Waals surface area contributed by atoms with E-state index in [9.17, 15) is 0 Å². The maximum atomic E-state index is 2.45. The van der Waals surface area contributed by atoms with Crippen LogP contribution in [-0.4, -0.2) is 14.9 Å². The van der Waals surface area contributed by atoms with E-state index in [1.165, 1.54) is 29.4 Å². The Labute approximate surface area is 89.0 Å². The Bertz CT molecular complexity index is 86.1. The second kappa shape index (κ2) is 6.58. The average molecular weight is 286 g/mol. The van der Waals surface area contributed by atoms with Crippen LogP contribution in [-0.2, 0) is 0 Å². The molecule has 0 aliphatic rings. The minimum absolute atomic E-state index is 0.463. The van der Waals surface area contributed by atoms with E-state index in [0.717, 1.165) is 0 Å². The van der Waals surface area contributed by atoms with Crippen molar-refractivity contribution in [3.8, 4) is 0 Å². The smallest absolute Gasteiger partial charge is 0.00750 e. The van der Waals surface area contributed by atoms with Gasteiger partial charge in [-0.1, -0.05) is 49.8 Å². The van der Waals surface area contributed by atoms with E-state index in [4.69, 9.17) is 0 Å². The van der Waals surface area contributed by atoms with Gasteiger partial charge >= 0.3 is 0 Å². The third-order valence-electron chi connectivity index (χ3n) is 1.31. The molecule has 0 radical (unpaired) electrons. The van der Waals surface area contributed by atoms with Gasteiger partial charge in [-0.15, -0.1) is 0 Å². The first kappa shape index (κ1) is 12.1. The van der Waals surface area contributed by atoms with Crippen LogP contribution in [0, 0.1) is 0 Å². The molecule has 0 aliphatic heterocycles. The summed E-state index contributed by atoms with van der Waals surface area (Å²) in [5.41, 5.74) is 0. The number of unbranched alkanes of at least 4 members (excludes halogenated alkanes) is 2. The summed E-state index contributed by atoms with van der Waals surface area (Å²) in [6.07, 6.45) is 4.20. The second-order valence-corrected chi connectivity index (χ2v) is 6.71. The summed E-state index contributed by atoms with van der Waals surface area (Å²) in [7, 11) is 0. The normalized spacial score (nSPS) is 12.0. The van der Waals surface area contributed by atoms with Gasteiger partial charge in [0.2, 0.25) is 0 Å². The Hall–Kier alpha value is 1.08. The molecule has 0 aromatic carbocycles. The monoisotopic (exact) mass is 286 g/mol. The zero-order valence-electron chi connectivity index (χ0n) is 7.82. The number of halogens is 1. The molecule has 0 amide bonds. The fourth-order valence-corrected chi connectivity index (χ4v) is 2.25. The van der Waals surface area contributed by atoms with E-state index in [2.05, 4.69) is 55.1 Å². The predicted octanol–water partition coefficient (Wildman–Crippen LogP) is 4.12. The van der Waals surface area contributed by atoms with E-state index >= 15 is 0 Å². The van der Waals surface area contributed by atoms with Crippen molar-refractivity contribution in [2.75, 3.05) is 10.2 Å². The highest BCUT2D eigenvalue weighted by Gasteiger charge is 2.08. The van der Waals surface area contributed by atoms with Crippen LogP contribution in [0.2, 0.25) is 0 Å². The molecule has 0 unspecified atom stereocenters. The van der Waals surface area contributed by atoms with Crippen LogP contribution in [0.1, 0.15) is 40.0 Å². The summed E-state index contributed by atoms with van der Waals surface area (Å²) >= 11 is 4.53. The molecule has 0 bridgehead atoms. The first-order valence-corrected chi connectivity index (χ1v) is 6.77. The van der Waals surface area contributed by atoms with Gasteiger partial charge in [-0.2, -0.15) is 11.8 Å². The van der Waals surface area contributed by atoms with E-state index < -0.39 is 0 Å². The van der Waals surface area contributed by atoms with Crippen LogP contribution in [0.4, 0.5) is 0 Å². The topological polar surface area (TPSA) is 0 Å². The SMILES string of the molecule is CC(C)(C)SCCCCCI. The largest absolute Gasteiger partial charge is 0.156 e. The minimum Gasteiger partial charge on any atom is -0.156 e. The molecule has 0 fully saturated rings. The van der Waals surface area contributed by atoms with Gasteiger partial charge < -0.3 is 0 Å². The zero-order chi connectivity index (χ0) is 8.74. The molecule has 0 atom stereocenters. The molecule has 0 N–H and O–H groups in total. The van der Waals surface area contributed by atoms with E-state index in [-0.39, 0.29) is 0 Å². The Morgan fingerprint density at radius 2 is 1.73 bits per heavy atom. The fourth-order valence-electron chi connectivity index (χ4n) is 0.752.